The van der Waals surface area contributed by atoms with Gasteiger partial charge in [-0.3, -0.25) is 9.52 Å². The van der Waals surface area contributed by atoms with Gasteiger partial charge in [0, 0.05) is 27.7 Å². The van der Waals surface area contributed by atoms with Crippen LogP contribution in [-0.2, 0) is 10.0 Å². The molecule has 0 unspecified atom stereocenters. The van der Waals surface area contributed by atoms with Crippen molar-refractivity contribution in [2.24, 2.45) is 0 Å². The van der Waals surface area contributed by atoms with Crippen LogP contribution in [0.4, 0.5) is 15.8 Å². The number of rotatable bonds is 6. The van der Waals surface area contributed by atoms with Gasteiger partial charge in [-0.05, 0) is 60.7 Å². The summed E-state index contributed by atoms with van der Waals surface area (Å²) in [6, 6.07) is 21.6. The first-order chi connectivity index (χ1) is 15.4. The third-order valence-corrected chi connectivity index (χ3v) is 6.27. The molecule has 4 aromatic rings. The van der Waals surface area contributed by atoms with Gasteiger partial charge >= 0.3 is 0 Å². The van der Waals surface area contributed by atoms with Gasteiger partial charge < -0.3 is 10.1 Å². The summed E-state index contributed by atoms with van der Waals surface area (Å²) in [5.41, 5.74) is 1.27. The van der Waals surface area contributed by atoms with E-state index in [1.807, 2.05) is 24.3 Å². The van der Waals surface area contributed by atoms with Gasteiger partial charge in [0.05, 0.1) is 12.0 Å². The summed E-state index contributed by atoms with van der Waals surface area (Å²) in [6.07, 6.45) is 0. The summed E-state index contributed by atoms with van der Waals surface area (Å²) in [4.78, 5) is 12.7. The van der Waals surface area contributed by atoms with Crippen molar-refractivity contribution in [3.63, 3.8) is 0 Å². The molecule has 0 saturated carbocycles. The normalized spacial score (nSPS) is 11.2. The fourth-order valence-electron chi connectivity index (χ4n) is 3.27. The third-order valence-electron chi connectivity index (χ3n) is 4.88. The highest BCUT2D eigenvalue weighted by Crippen LogP contribution is 2.31. The smallest absolute Gasteiger partial charge is 0.261 e. The van der Waals surface area contributed by atoms with Crippen LogP contribution in [0.3, 0.4) is 0 Å². The zero-order valence-corrected chi connectivity index (χ0v) is 17.8. The molecule has 4 aromatic carbocycles. The minimum atomic E-state index is -3.87. The first-order valence-corrected chi connectivity index (χ1v) is 11.1. The van der Waals surface area contributed by atoms with Gasteiger partial charge in [0.2, 0.25) is 0 Å². The molecule has 0 aliphatic carbocycles. The highest BCUT2D eigenvalue weighted by Gasteiger charge is 2.15. The standard InChI is InChI=1S/C24H19FN2O4S/c1-31-23-15-14-22(20-4-2-3-5-21(20)23)26-24(28)16-6-10-18(11-7-16)27-32(29,30)19-12-8-17(25)9-13-19/h2-15,27H,1H3,(H,26,28). The van der Waals surface area contributed by atoms with Crippen molar-refractivity contribution in [2.45, 2.75) is 4.90 Å². The maximum Gasteiger partial charge on any atom is 0.261 e. The highest BCUT2D eigenvalue weighted by molar-refractivity contribution is 7.92. The van der Waals surface area contributed by atoms with Crippen molar-refractivity contribution in [3.8, 4) is 5.75 Å². The summed E-state index contributed by atoms with van der Waals surface area (Å²) < 4.78 is 45.7. The first kappa shape index (κ1) is 21.3. The highest BCUT2D eigenvalue weighted by atomic mass is 32.2. The van der Waals surface area contributed by atoms with Crippen molar-refractivity contribution in [3.05, 3.63) is 96.3 Å². The quantitative estimate of drug-likeness (QED) is 0.431. The van der Waals surface area contributed by atoms with Crippen LogP contribution in [0.15, 0.2) is 89.8 Å². The van der Waals surface area contributed by atoms with Crippen molar-refractivity contribution in [1.29, 1.82) is 0 Å². The Labute approximate surface area is 184 Å². The number of hydrogen-bond donors (Lipinski definition) is 2. The predicted octanol–water partition coefficient (Wildman–Crippen LogP) is 5.04. The molecule has 2 N–H and O–H groups in total. The number of hydrogen-bond acceptors (Lipinski definition) is 4. The molecule has 4 rings (SSSR count). The summed E-state index contributed by atoms with van der Waals surface area (Å²) in [7, 11) is -2.28. The minimum Gasteiger partial charge on any atom is -0.496 e. The number of halogens is 1. The summed E-state index contributed by atoms with van der Waals surface area (Å²) in [6.45, 7) is 0. The lowest BCUT2D eigenvalue weighted by Crippen LogP contribution is -2.14. The zero-order chi connectivity index (χ0) is 22.7. The number of amides is 1. The Morgan fingerprint density at radius 1 is 0.844 bits per heavy atom. The van der Waals surface area contributed by atoms with Crippen LogP contribution >= 0.6 is 0 Å². The molecule has 0 fully saturated rings. The van der Waals surface area contributed by atoms with Crippen LogP contribution in [0, 0.1) is 5.82 Å². The third kappa shape index (κ3) is 4.40. The molecule has 162 valence electrons. The minimum absolute atomic E-state index is 0.0629. The van der Waals surface area contributed by atoms with Gasteiger partial charge in [-0.2, -0.15) is 0 Å². The van der Waals surface area contributed by atoms with Crippen molar-refractivity contribution >= 4 is 38.1 Å². The van der Waals surface area contributed by atoms with E-state index in [9.17, 15) is 17.6 Å². The van der Waals surface area contributed by atoms with E-state index in [1.165, 1.54) is 36.4 Å². The van der Waals surface area contributed by atoms with E-state index < -0.39 is 15.8 Å². The second-order valence-electron chi connectivity index (χ2n) is 6.95. The molecule has 32 heavy (non-hydrogen) atoms. The summed E-state index contributed by atoms with van der Waals surface area (Å²) in [5, 5.41) is 4.59. The Morgan fingerprint density at radius 3 is 2.16 bits per heavy atom. The van der Waals surface area contributed by atoms with E-state index in [-0.39, 0.29) is 16.5 Å². The van der Waals surface area contributed by atoms with Crippen LogP contribution in [-0.4, -0.2) is 21.4 Å². The first-order valence-electron chi connectivity index (χ1n) is 9.63. The zero-order valence-electron chi connectivity index (χ0n) is 17.0. The van der Waals surface area contributed by atoms with E-state index in [4.69, 9.17) is 4.74 Å². The lowest BCUT2D eigenvalue weighted by Gasteiger charge is -2.12. The lowest BCUT2D eigenvalue weighted by molar-refractivity contribution is 0.102. The average Bonchev–Trinajstić information content (AvgIpc) is 2.80. The molecule has 6 nitrogen and oxygen atoms in total. The number of carbonyl (C=O) groups is 1. The number of sulfonamides is 1. The van der Waals surface area contributed by atoms with Crippen LogP contribution in [0.2, 0.25) is 0 Å². The molecule has 0 saturated heterocycles. The average molecular weight is 450 g/mol. The fraction of sp³-hybridized carbons (Fsp3) is 0.0417. The van der Waals surface area contributed by atoms with Gasteiger partial charge in [-0.25, -0.2) is 12.8 Å². The Hall–Kier alpha value is -3.91. The van der Waals surface area contributed by atoms with E-state index in [0.29, 0.717) is 17.0 Å². The molecule has 0 atom stereocenters. The van der Waals surface area contributed by atoms with E-state index in [2.05, 4.69) is 10.0 Å². The number of ether oxygens (including phenoxy) is 1. The van der Waals surface area contributed by atoms with Crippen LogP contribution in [0.25, 0.3) is 10.8 Å². The predicted molar refractivity (Wildman–Crippen MR) is 122 cm³/mol. The van der Waals surface area contributed by atoms with Crippen LogP contribution in [0.5, 0.6) is 5.75 Å². The molecule has 0 aliphatic rings. The van der Waals surface area contributed by atoms with Gasteiger partial charge in [-0.15, -0.1) is 0 Å². The van der Waals surface area contributed by atoms with Crippen LogP contribution < -0.4 is 14.8 Å². The summed E-state index contributed by atoms with van der Waals surface area (Å²) >= 11 is 0. The van der Waals surface area contributed by atoms with Gasteiger partial charge in [0.15, 0.2) is 0 Å². The topological polar surface area (TPSA) is 84.5 Å². The molecule has 0 bridgehead atoms. The number of methoxy groups -OCH3 is 1. The Kier molecular flexibility index (Phi) is 5.79. The molecule has 8 heteroatoms. The van der Waals surface area contributed by atoms with Gasteiger partial charge in [0.1, 0.15) is 11.6 Å². The van der Waals surface area contributed by atoms with Crippen molar-refractivity contribution in [1.82, 2.24) is 0 Å². The SMILES string of the molecule is COc1ccc(NC(=O)c2ccc(NS(=O)(=O)c3ccc(F)cc3)cc2)c2ccccc12. The van der Waals surface area contributed by atoms with E-state index >= 15 is 0 Å². The maximum absolute atomic E-state index is 13.0. The molecule has 0 heterocycles. The molecule has 0 spiro atoms. The second-order valence-corrected chi connectivity index (χ2v) is 8.63. The molecular formula is C24H19FN2O4S. The Bertz CT molecular complexity index is 1390. The molecule has 0 aliphatic heterocycles. The number of nitrogens with one attached hydrogen (secondary N) is 2. The number of benzene rings is 4. The largest absolute Gasteiger partial charge is 0.496 e. The maximum atomic E-state index is 13.0. The second kappa shape index (κ2) is 8.68. The molecular weight excluding hydrogens is 431 g/mol. The molecule has 0 radical (unpaired) electrons. The number of carbonyl (C=O) groups excluding carboxylic acids is 1. The monoisotopic (exact) mass is 450 g/mol. The number of anilines is 2. The molecule has 1 amide bonds. The van der Waals surface area contributed by atoms with E-state index in [0.717, 1.165) is 22.9 Å². The van der Waals surface area contributed by atoms with E-state index in [1.54, 1.807) is 19.2 Å². The van der Waals surface area contributed by atoms with Gasteiger partial charge in [-0.1, -0.05) is 24.3 Å². The fourth-order valence-corrected chi connectivity index (χ4v) is 4.33. The van der Waals surface area contributed by atoms with Crippen molar-refractivity contribution < 1.29 is 22.3 Å². The van der Waals surface area contributed by atoms with Crippen molar-refractivity contribution in [2.75, 3.05) is 17.1 Å². The Morgan fingerprint density at radius 2 is 1.50 bits per heavy atom. The van der Waals surface area contributed by atoms with Crippen LogP contribution in [0.1, 0.15) is 10.4 Å². The molecule has 0 aromatic heterocycles. The Balaban J connectivity index is 1.52. The number of fused-ring (bicyclic) bond motifs is 1. The van der Waals surface area contributed by atoms with Gasteiger partial charge in [0.25, 0.3) is 15.9 Å². The lowest BCUT2D eigenvalue weighted by atomic mass is 10.1. The summed E-state index contributed by atoms with van der Waals surface area (Å²) in [5.74, 6) is -0.159.